The Hall–Kier alpha value is -1.50. The smallest absolute Gasteiger partial charge is 0.323 e. The zero-order chi connectivity index (χ0) is 16.9. The monoisotopic (exact) mass is 335 g/mol. The van der Waals surface area contributed by atoms with Crippen LogP contribution < -0.4 is 5.32 Å². The van der Waals surface area contributed by atoms with Crippen molar-refractivity contribution in [2.75, 3.05) is 6.61 Å². The molecule has 0 aromatic carbocycles. The van der Waals surface area contributed by atoms with Crippen molar-refractivity contribution in [2.24, 2.45) is 17.8 Å². The Kier molecular flexibility index (Phi) is 5.81. The highest BCUT2D eigenvalue weighted by Gasteiger charge is 2.41. The summed E-state index contributed by atoms with van der Waals surface area (Å²) in [4.78, 5) is 12.4. The number of fused-ring (bicyclic) bond motifs is 1. The Morgan fingerprint density at radius 1 is 1.33 bits per heavy atom. The number of nitrogens with one attached hydrogen (secondary N) is 2. The number of hydrogen-bond acceptors (Lipinski definition) is 6. The van der Waals surface area contributed by atoms with Gasteiger partial charge in [-0.25, -0.2) is 0 Å². The van der Waals surface area contributed by atoms with Gasteiger partial charge in [0.1, 0.15) is 6.04 Å². The highest BCUT2D eigenvalue weighted by molar-refractivity contribution is 5.76. The predicted octanol–water partition coefficient (Wildman–Crippen LogP) is 1.87. The molecule has 2 N–H and O–H groups in total. The van der Waals surface area contributed by atoms with Gasteiger partial charge in [0.2, 0.25) is 0 Å². The van der Waals surface area contributed by atoms with Gasteiger partial charge in [-0.3, -0.25) is 4.79 Å². The third-order valence-corrected chi connectivity index (χ3v) is 5.35. The van der Waals surface area contributed by atoms with Gasteiger partial charge in [-0.2, -0.15) is 5.21 Å². The molecule has 0 bridgehead atoms. The van der Waals surface area contributed by atoms with Crippen LogP contribution in [0.4, 0.5) is 0 Å². The van der Waals surface area contributed by atoms with E-state index in [0.717, 1.165) is 25.1 Å². The third kappa shape index (κ3) is 4.32. The fraction of sp³-hybridized carbons (Fsp3) is 0.882. The lowest BCUT2D eigenvalue weighted by Crippen LogP contribution is -2.55. The summed E-state index contributed by atoms with van der Waals surface area (Å²) in [6.45, 7) is 4.62. The van der Waals surface area contributed by atoms with Crippen LogP contribution in [0.2, 0.25) is 0 Å². The fourth-order valence-electron chi connectivity index (χ4n) is 4.20. The SMILES string of the molecule is CC(C)COC(=O)C1CC2CCCCC2C(CCc2nn[nH]n2)N1. The molecular formula is C17H29N5O2. The van der Waals surface area contributed by atoms with Crippen molar-refractivity contribution in [1.82, 2.24) is 25.9 Å². The molecule has 24 heavy (non-hydrogen) atoms. The van der Waals surface area contributed by atoms with Crippen LogP contribution in [-0.2, 0) is 16.0 Å². The topological polar surface area (TPSA) is 92.8 Å². The molecule has 4 atom stereocenters. The van der Waals surface area contributed by atoms with E-state index in [-0.39, 0.29) is 12.0 Å². The summed E-state index contributed by atoms with van der Waals surface area (Å²) in [6.07, 6.45) is 7.71. The highest BCUT2D eigenvalue weighted by Crippen LogP contribution is 2.39. The molecule has 2 heterocycles. The molecule has 1 aliphatic heterocycles. The molecule has 7 heteroatoms. The molecule has 1 saturated heterocycles. The van der Waals surface area contributed by atoms with E-state index in [9.17, 15) is 4.79 Å². The second kappa shape index (κ2) is 8.05. The van der Waals surface area contributed by atoms with Crippen LogP contribution in [0.1, 0.15) is 58.2 Å². The molecule has 1 saturated carbocycles. The molecule has 1 aromatic rings. The molecule has 0 amide bonds. The Labute approximate surface area is 143 Å². The summed E-state index contributed by atoms with van der Waals surface area (Å²) in [7, 11) is 0. The molecular weight excluding hydrogens is 306 g/mol. The largest absolute Gasteiger partial charge is 0.464 e. The first-order valence-electron chi connectivity index (χ1n) is 9.28. The van der Waals surface area contributed by atoms with Gasteiger partial charge in [-0.05, 0) is 37.0 Å². The molecule has 3 rings (SSSR count). The quantitative estimate of drug-likeness (QED) is 0.771. The van der Waals surface area contributed by atoms with Crippen molar-refractivity contribution in [3.05, 3.63) is 5.82 Å². The van der Waals surface area contributed by atoms with Crippen LogP contribution in [0, 0.1) is 17.8 Å². The van der Waals surface area contributed by atoms with Gasteiger partial charge >= 0.3 is 5.97 Å². The number of esters is 1. The molecule has 2 fully saturated rings. The lowest BCUT2D eigenvalue weighted by atomic mass is 9.69. The average Bonchev–Trinajstić information content (AvgIpc) is 3.10. The molecule has 4 unspecified atom stereocenters. The molecule has 7 nitrogen and oxygen atoms in total. The normalized spacial score (nSPS) is 30.1. The lowest BCUT2D eigenvalue weighted by Gasteiger charge is -2.44. The Bertz CT molecular complexity index is 519. The number of H-pyrrole nitrogens is 1. The fourth-order valence-corrected chi connectivity index (χ4v) is 4.20. The first-order chi connectivity index (χ1) is 11.6. The van der Waals surface area contributed by atoms with E-state index in [0.29, 0.717) is 30.4 Å². The van der Waals surface area contributed by atoms with E-state index in [1.54, 1.807) is 0 Å². The number of piperidine rings is 1. The number of carbonyl (C=O) groups is 1. The van der Waals surface area contributed by atoms with E-state index >= 15 is 0 Å². The minimum Gasteiger partial charge on any atom is -0.464 e. The van der Waals surface area contributed by atoms with E-state index in [1.165, 1.54) is 25.7 Å². The number of tetrazole rings is 1. The van der Waals surface area contributed by atoms with Crippen molar-refractivity contribution in [3.63, 3.8) is 0 Å². The maximum atomic E-state index is 12.4. The molecule has 1 aliphatic carbocycles. The minimum absolute atomic E-state index is 0.0858. The van der Waals surface area contributed by atoms with Gasteiger partial charge in [0.05, 0.1) is 6.61 Å². The van der Waals surface area contributed by atoms with Crippen molar-refractivity contribution < 1.29 is 9.53 Å². The van der Waals surface area contributed by atoms with Crippen LogP contribution in [0.25, 0.3) is 0 Å². The number of nitrogens with zero attached hydrogens (tertiary/aromatic N) is 3. The van der Waals surface area contributed by atoms with Crippen LogP contribution in [0.5, 0.6) is 0 Å². The standard InChI is InChI=1S/C17H29N5O2/c1-11(2)10-24-17(23)15-9-12-5-3-4-6-13(12)14(18-15)7-8-16-19-21-22-20-16/h11-15,18H,3-10H2,1-2H3,(H,19,20,21,22). The first kappa shape index (κ1) is 17.3. The maximum absolute atomic E-state index is 12.4. The van der Waals surface area contributed by atoms with Crippen molar-refractivity contribution >= 4 is 5.97 Å². The van der Waals surface area contributed by atoms with Crippen molar-refractivity contribution in [1.29, 1.82) is 0 Å². The van der Waals surface area contributed by atoms with Crippen LogP contribution in [0.3, 0.4) is 0 Å². The van der Waals surface area contributed by atoms with Crippen LogP contribution >= 0.6 is 0 Å². The number of ether oxygens (including phenoxy) is 1. The third-order valence-electron chi connectivity index (χ3n) is 5.35. The van der Waals surface area contributed by atoms with Gasteiger partial charge in [0, 0.05) is 12.5 Å². The molecule has 134 valence electrons. The first-order valence-corrected chi connectivity index (χ1v) is 9.28. The van der Waals surface area contributed by atoms with Crippen LogP contribution in [0.15, 0.2) is 0 Å². The van der Waals surface area contributed by atoms with Crippen molar-refractivity contribution in [2.45, 2.75) is 70.9 Å². The second-order valence-electron chi connectivity index (χ2n) is 7.66. The summed E-state index contributed by atoms with van der Waals surface area (Å²) < 4.78 is 5.48. The molecule has 1 aromatic heterocycles. The van der Waals surface area contributed by atoms with Gasteiger partial charge in [-0.15, -0.1) is 10.2 Å². The number of aromatic amines is 1. The van der Waals surface area contributed by atoms with E-state index < -0.39 is 0 Å². The second-order valence-corrected chi connectivity index (χ2v) is 7.66. The predicted molar refractivity (Wildman–Crippen MR) is 89.1 cm³/mol. The number of hydrogen-bond donors (Lipinski definition) is 2. The Morgan fingerprint density at radius 3 is 2.92 bits per heavy atom. The molecule has 0 radical (unpaired) electrons. The van der Waals surface area contributed by atoms with Crippen molar-refractivity contribution in [3.8, 4) is 0 Å². The summed E-state index contributed by atoms with van der Waals surface area (Å²) >= 11 is 0. The molecule has 0 spiro atoms. The lowest BCUT2D eigenvalue weighted by molar-refractivity contribution is -0.149. The van der Waals surface area contributed by atoms with Gasteiger partial charge in [0.15, 0.2) is 5.82 Å². The zero-order valence-corrected chi connectivity index (χ0v) is 14.7. The summed E-state index contributed by atoms with van der Waals surface area (Å²) in [5.74, 6) is 2.31. The summed E-state index contributed by atoms with van der Waals surface area (Å²) in [5, 5.41) is 17.8. The van der Waals surface area contributed by atoms with Gasteiger partial charge in [0.25, 0.3) is 0 Å². The highest BCUT2D eigenvalue weighted by atomic mass is 16.5. The zero-order valence-electron chi connectivity index (χ0n) is 14.7. The van der Waals surface area contributed by atoms with E-state index in [1.807, 2.05) is 0 Å². The average molecular weight is 335 g/mol. The van der Waals surface area contributed by atoms with Gasteiger partial charge in [-0.1, -0.05) is 38.3 Å². The van der Waals surface area contributed by atoms with E-state index in [4.69, 9.17) is 4.74 Å². The maximum Gasteiger partial charge on any atom is 0.323 e. The van der Waals surface area contributed by atoms with Gasteiger partial charge < -0.3 is 10.1 Å². The number of aromatic nitrogens is 4. The minimum atomic E-state index is -0.168. The van der Waals surface area contributed by atoms with Crippen LogP contribution in [-0.4, -0.2) is 45.3 Å². The summed E-state index contributed by atoms with van der Waals surface area (Å²) in [6, 6.07) is 0.164. The summed E-state index contributed by atoms with van der Waals surface area (Å²) in [5.41, 5.74) is 0. The molecule has 2 aliphatic rings. The number of aryl methyl sites for hydroxylation is 1. The Morgan fingerprint density at radius 2 is 2.17 bits per heavy atom. The number of carbonyl (C=O) groups excluding carboxylic acids is 1. The Balaban J connectivity index is 1.61. The van der Waals surface area contributed by atoms with E-state index in [2.05, 4.69) is 39.8 Å². The number of rotatable bonds is 6.